The van der Waals surface area contributed by atoms with Gasteiger partial charge in [-0.15, -0.1) is 0 Å². The zero-order chi connectivity index (χ0) is 47.4. The van der Waals surface area contributed by atoms with Gasteiger partial charge in [0.15, 0.2) is 11.8 Å². The summed E-state index contributed by atoms with van der Waals surface area (Å²) in [6.07, 6.45) is 5.25. The fraction of sp³-hybridized carbons (Fsp3) is 0.302. The maximum absolute atomic E-state index is 13.1. The molecule has 0 fully saturated rings. The number of allylic oxidation sites excluding steroid dienone is 3. The van der Waals surface area contributed by atoms with Crippen molar-refractivity contribution < 1.29 is 77.5 Å². The normalized spacial score (nSPS) is 16.8. The Kier molecular flexibility index (Phi) is 16.5. The molecule has 0 bridgehead atoms. The third-order valence-corrected chi connectivity index (χ3v) is 11.4. The van der Waals surface area contributed by atoms with Crippen LogP contribution in [0.5, 0.6) is 11.5 Å². The number of aliphatic carboxylic acids is 2. The first-order valence-corrected chi connectivity index (χ1v) is 21.6. The number of carbonyl (C=O) groups is 8. The molecule has 0 spiro atoms. The van der Waals surface area contributed by atoms with Gasteiger partial charge in [0.2, 0.25) is 11.8 Å². The Bertz CT molecular complexity index is 2470. The number of carboxylic acids is 3. The predicted molar refractivity (Wildman–Crippen MR) is 226 cm³/mol. The van der Waals surface area contributed by atoms with Crippen LogP contribution in [0.4, 0.5) is 0 Å². The van der Waals surface area contributed by atoms with Crippen molar-refractivity contribution in [2.75, 3.05) is 13.2 Å². The highest BCUT2D eigenvalue weighted by Gasteiger charge is 2.39. The summed E-state index contributed by atoms with van der Waals surface area (Å²) in [5.74, 6) is -7.85. The number of phenolic OH excluding ortho intramolecular Hbond substituents is 1. The second-order valence-corrected chi connectivity index (χ2v) is 16.5. The van der Waals surface area contributed by atoms with Crippen LogP contribution < -0.4 is 31.5 Å². The molecule has 0 aromatic heterocycles. The Morgan fingerprint density at radius 1 is 0.815 bits per heavy atom. The molecule has 22 heteroatoms. The molecule has 0 radical (unpaired) electrons. The Morgan fingerprint density at radius 3 is 2.18 bits per heavy atom. The molecule has 1 aliphatic heterocycles. The molecule has 21 nitrogen and oxygen atoms in total. The van der Waals surface area contributed by atoms with Crippen LogP contribution >= 0.6 is 7.75 Å². The maximum atomic E-state index is 13.1. The van der Waals surface area contributed by atoms with Crippen LogP contribution in [0, 0.1) is 5.92 Å². The number of hydrogen-bond acceptors (Lipinski definition) is 12. The van der Waals surface area contributed by atoms with E-state index in [1.165, 1.54) is 60.7 Å². The van der Waals surface area contributed by atoms with Gasteiger partial charge in [0.25, 0.3) is 11.8 Å². The number of aromatic hydroxyl groups is 1. The van der Waals surface area contributed by atoms with Crippen LogP contribution in [0.15, 0.2) is 84.7 Å². The molecule has 65 heavy (non-hydrogen) atoms. The summed E-state index contributed by atoms with van der Waals surface area (Å²) in [6.45, 7) is -0.670. The zero-order valence-corrected chi connectivity index (χ0v) is 35.3. The Morgan fingerprint density at radius 2 is 1.51 bits per heavy atom. The molecule has 0 saturated heterocycles. The molecule has 5 rings (SSSR count). The monoisotopic (exact) mass is 919 g/mol. The van der Waals surface area contributed by atoms with E-state index in [0.717, 1.165) is 0 Å². The van der Waals surface area contributed by atoms with Crippen molar-refractivity contribution in [3.8, 4) is 11.5 Å². The lowest BCUT2D eigenvalue weighted by Gasteiger charge is -2.35. The molecule has 0 saturated carbocycles. The number of unbranched alkanes of at least 4 members (excludes halogenated alkanes) is 2. The largest absolute Gasteiger partial charge is 0.508 e. The van der Waals surface area contributed by atoms with Crippen molar-refractivity contribution in [3.63, 3.8) is 0 Å². The van der Waals surface area contributed by atoms with E-state index in [1.54, 1.807) is 23.3 Å². The quantitative estimate of drug-likeness (QED) is 0.0482. The summed E-state index contributed by atoms with van der Waals surface area (Å²) in [6, 6.07) is 11.1. The molecular weight excluding hydrogens is 873 g/mol. The number of carbonyl (C=O) groups excluding carboxylic acids is 5. The molecule has 5 atom stereocenters. The van der Waals surface area contributed by atoms with E-state index in [0.29, 0.717) is 41.7 Å². The summed E-state index contributed by atoms with van der Waals surface area (Å²) < 4.78 is 23.0. The Labute approximate surface area is 370 Å². The fourth-order valence-electron chi connectivity index (χ4n) is 6.96. The van der Waals surface area contributed by atoms with E-state index in [9.17, 15) is 68.2 Å². The van der Waals surface area contributed by atoms with Crippen molar-refractivity contribution in [2.45, 2.75) is 63.1 Å². The molecule has 3 unspecified atom stereocenters. The predicted octanol–water partition coefficient (Wildman–Crippen LogP) is 2.47. The van der Waals surface area contributed by atoms with Crippen LogP contribution in [0.25, 0.3) is 0 Å². The van der Waals surface area contributed by atoms with Crippen molar-refractivity contribution >= 4 is 55.1 Å². The number of fused-ring (bicyclic) bond motifs is 2. The summed E-state index contributed by atoms with van der Waals surface area (Å²) in [4.78, 5) is 107. The highest BCUT2D eigenvalue weighted by molar-refractivity contribution is 7.50. The summed E-state index contributed by atoms with van der Waals surface area (Å²) >= 11 is 0. The van der Waals surface area contributed by atoms with Gasteiger partial charge >= 0.3 is 25.7 Å². The molecule has 1 aliphatic carbocycles. The first-order chi connectivity index (χ1) is 30.8. The van der Waals surface area contributed by atoms with Crippen molar-refractivity contribution in [3.05, 3.63) is 118 Å². The molecule has 4 amide bonds. The zero-order valence-electron chi connectivity index (χ0n) is 34.4. The molecule has 3 aromatic rings. The molecule has 1 heterocycles. The molecule has 3 aromatic carbocycles. The van der Waals surface area contributed by atoms with E-state index in [2.05, 4.69) is 16.0 Å². The number of ether oxygens (including phenoxy) is 1. The number of rotatable bonds is 23. The highest BCUT2D eigenvalue weighted by atomic mass is 31.2. The van der Waals surface area contributed by atoms with Gasteiger partial charge in [-0.05, 0) is 66.8 Å². The minimum atomic E-state index is -4.92. The van der Waals surface area contributed by atoms with Gasteiger partial charge in [-0.3, -0.25) is 33.3 Å². The number of benzene rings is 3. The summed E-state index contributed by atoms with van der Waals surface area (Å²) in [7, 11) is -4.92. The van der Waals surface area contributed by atoms with Gasteiger partial charge < -0.3 is 51.7 Å². The number of nitrogens with two attached hydrogens (primary N) is 1. The van der Waals surface area contributed by atoms with Gasteiger partial charge in [0.1, 0.15) is 23.3 Å². The second kappa shape index (κ2) is 21.9. The highest BCUT2D eigenvalue weighted by Crippen LogP contribution is 2.49. The van der Waals surface area contributed by atoms with E-state index >= 15 is 0 Å². The average molecular weight is 920 g/mol. The minimum absolute atomic E-state index is 0.0110. The SMILES string of the molecule is NC(=O)CC[C@H](NP(=O)(O)OC[C@H](NC(=O)c1ccc(CNC(=O)CCCCCNC(=O)c2ccc(C3c4ccc(O)cc4OC4=CC(=O)C=CC43)c(C(=O)O)c2)cc1)C(=O)O)C(=O)O. The number of nitrogens with one attached hydrogen (secondary N) is 4. The lowest BCUT2D eigenvalue weighted by Crippen LogP contribution is -2.44. The Hall–Kier alpha value is -7.19. The van der Waals surface area contributed by atoms with E-state index in [1.807, 2.05) is 0 Å². The second-order valence-electron chi connectivity index (χ2n) is 15.0. The molecule has 11 N–H and O–H groups in total. The van der Waals surface area contributed by atoms with Gasteiger partial charge in [-0.2, -0.15) is 0 Å². The van der Waals surface area contributed by atoms with Crippen molar-refractivity contribution in [1.82, 2.24) is 21.0 Å². The molecule has 344 valence electrons. The van der Waals surface area contributed by atoms with E-state index in [4.69, 9.17) is 15.0 Å². The number of hydrogen-bond donors (Lipinski definition) is 10. The molecular formula is C43H46N5O16P. The lowest BCUT2D eigenvalue weighted by atomic mass is 9.74. The number of amides is 4. The fourth-order valence-corrected chi connectivity index (χ4v) is 8.02. The van der Waals surface area contributed by atoms with Crippen LogP contribution in [0.3, 0.4) is 0 Å². The maximum Gasteiger partial charge on any atom is 0.403 e. The Balaban J connectivity index is 1.04. The number of ketones is 1. The lowest BCUT2D eigenvalue weighted by molar-refractivity contribution is -0.141. The summed E-state index contributed by atoms with van der Waals surface area (Å²) in [5, 5.41) is 48.5. The van der Waals surface area contributed by atoms with Crippen molar-refractivity contribution in [2.24, 2.45) is 11.7 Å². The van der Waals surface area contributed by atoms with Crippen LogP contribution in [-0.2, 0) is 39.6 Å². The first-order valence-electron chi connectivity index (χ1n) is 20.1. The standard InChI is InChI=1S/C43H46N5O16P/c44-36(51)16-15-32(42(57)58)48-65(61,62)63-22-33(43(59)60)47-40(54)24-7-5-23(6-8-24)21-46-37(52)4-2-1-3-17-45-39(53)25-9-12-28(31(18-25)41(55)56)38-29-13-10-26(49)19-34(29)64-35-20-27(50)11-14-30(35)38/h5-14,18-20,29,32-33,38,50H,1-4,15-17,21-22H2,(H2,44,51)(H,45,53)(H,46,52)(H,47,54)(H,55,56)(H,57,58)(H,59,60)(H2,48,61,62)/t29?,32-,33-,38?/m0/s1. The smallest absolute Gasteiger partial charge is 0.403 e. The van der Waals surface area contributed by atoms with E-state index < -0.39 is 86.7 Å². The molecule has 2 aliphatic rings. The van der Waals surface area contributed by atoms with Gasteiger partial charge in [0, 0.05) is 66.6 Å². The van der Waals surface area contributed by atoms with Gasteiger partial charge in [0.05, 0.1) is 12.2 Å². The third-order valence-electron chi connectivity index (χ3n) is 10.3. The third kappa shape index (κ3) is 13.7. The topological polar surface area (TPSA) is 347 Å². The van der Waals surface area contributed by atoms with E-state index in [-0.39, 0.29) is 59.4 Å². The minimum Gasteiger partial charge on any atom is -0.508 e. The number of carboxylic acid groups (broad SMARTS) is 3. The summed E-state index contributed by atoms with van der Waals surface area (Å²) in [5.41, 5.74) is 6.59. The average Bonchev–Trinajstić information content (AvgIpc) is 3.25. The van der Waals surface area contributed by atoms with Crippen LogP contribution in [0.2, 0.25) is 0 Å². The van der Waals surface area contributed by atoms with Crippen molar-refractivity contribution in [1.29, 1.82) is 0 Å². The van der Waals surface area contributed by atoms with Gasteiger partial charge in [-0.1, -0.05) is 36.8 Å². The van der Waals surface area contributed by atoms with Crippen LogP contribution in [-0.4, -0.2) is 97.9 Å². The van der Waals surface area contributed by atoms with Gasteiger partial charge in [-0.25, -0.2) is 19.2 Å². The number of phenols is 1. The number of aromatic carboxylic acids is 1. The van der Waals surface area contributed by atoms with Crippen LogP contribution in [0.1, 0.15) is 92.2 Å². The number of primary amides is 1. The first kappa shape index (κ1) is 48.8.